The molecule has 3 N–H and O–H groups in total. The third-order valence-corrected chi connectivity index (χ3v) is 5.50. The van der Waals surface area contributed by atoms with Gasteiger partial charge in [0.1, 0.15) is 6.10 Å². The summed E-state index contributed by atoms with van der Waals surface area (Å²) in [6.07, 6.45) is 0.991. The van der Waals surface area contributed by atoms with Crippen LogP contribution in [0.4, 0.5) is 5.82 Å². The molecule has 5 rings (SSSR count). The Bertz CT molecular complexity index is 1090. The topological polar surface area (TPSA) is 105 Å². The number of aliphatic hydroxyl groups is 2. The molecule has 8 heteroatoms. The number of hydrogen-bond acceptors (Lipinski definition) is 7. The van der Waals surface area contributed by atoms with Crippen LogP contribution in [0.3, 0.4) is 0 Å². The molecule has 0 saturated heterocycles. The first kappa shape index (κ1) is 17.1. The summed E-state index contributed by atoms with van der Waals surface area (Å²) in [6, 6.07) is 9.32. The number of aromatic nitrogens is 4. The molecular weight excluding hydrogens is 358 g/mol. The minimum Gasteiger partial charge on any atom is -0.390 e. The van der Waals surface area contributed by atoms with Crippen LogP contribution in [0.5, 0.6) is 0 Å². The van der Waals surface area contributed by atoms with E-state index in [1.54, 1.807) is 6.33 Å². The second kappa shape index (κ2) is 6.56. The number of anilines is 1. The van der Waals surface area contributed by atoms with Crippen molar-refractivity contribution in [2.75, 3.05) is 12.6 Å². The Kier molecular flexibility index (Phi) is 4.02. The van der Waals surface area contributed by atoms with Crippen molar-refractivity contribution in [1.82, 2.24) is 19.5 Å². The molecule has 0 radical (unpaired) electrons. The minimum absolute atomic E-state index is 0.146. The first-order valence-corrected chi connectivity index (χ1v) is 9.14. The molecule has 2 aliphatic carbocycles. The maximum absolute atomic E-state index is 10.5. The van der Waals surface area contributed by atoms with Crippen molar-refractivity contribution < 1.29 is 15.1 Å². The quantitative estimate of drug-likeness (QED) is 0.464. The molecule has 1 aromatic carbocycles. The third kappa shape index (κ3) is 2.72. The minimum atomic E-state index is -0.839. The standard InChI is InChI=1S/C20H19N5O3/c1-28-24-19-15-20(23-14(22-19)8-7-11-5-3-2-4-6-11)25(10-21-15)16-12-9-13(12)17(26)18(16)27/h2-6,10,12-13,16-18,26-27H,9H2,1H3,(H,22,23,24)/t12-,13+,16+,17+,18-/m0/s1. The van der Waals surface area contributed by atoms with Gasteiger partial charge in [0.05, 0.1) is 25.6 Å². The lowest BCUT2D eigenvalue weighted by Gasteiger charge is -2.22. The molecule has 142 valence electrons. The number of rotatable bonds is 3. The van der Waals surface area contributed by atoms with Gasteiger partial charge in [-0.05, 0) is 36.3 Å². The molecule has 28 heavy (non-hydrogen) atoms. The molecule has 5 atom stereocenters. The predicted molar refractivity (Wildman–Crippen MR) is 101 cm³/mol. The molecule has 2 aromatic heterocycles. The molecule has 8 nitrogen and oxygen atoms in total. The highest BCUT2D eigenvalue weighted by molar-refractivity contribution is 5.83. The summed E-state index contributed by atoms with van der Waals surface area (Å²) < 4.78 is 1.83. The van der Waals surface area contributed by atoms with Gasteiger partial charge in [0.2, 0.25) is 5.82 Å². The van der Waals surface area contributed by atoms with Crippen LogP contribution >= 0.6 is 0 Å². The van der Waals surface area contributed by atoms with Crippen molar-refractivity contribution in [3.05, 3.63) is 48.0 Å². The number of benzene rings is 1. The second-order valence-corrected chi connectivity index (χ2v) is 7.18. The number of fused-ring (bicyclic) bond motifs is 2. The van der Waals surface area contributed by atoms with Gasteiger partial charge in [-0.3, -0.25) is 4.84 Å². The lowest BCUT2D eigenvalue weighted by atomic mass is 10.1. The summed E-state index contributed by atoms with van der Waals surface area (Å²) in [5, 5.41) is 20.7. The van der Waals surface area contributed by atoms with Crippen LogP contribution in [0.1, 0.15) is 23.9 Å². The maximum Gasteiger partial charge on any atom is 0.209 e. The first-order chi connectivity index (χ1) is 13.7. The molecule has 2 heterocycles. The Hall–Kier alpha value is -2.99. The van der Waals surface area contributed by atoms with E-state index >= 15 is 0 Å². The molecule has 0 spiro atoms. The molecule has 0 amide bonds. The van der Waals surface area contributed by atoms with Crippen molar-refractivity contribution in [2.45, 2.75) is 24.7 Å². The van der Waals surface area contributed by atoms with Crippen LogP contribution in [-0.2, 0) is 4.84 Å². The monoisotopic (exact) mass is 377 g/mol. The number of nitrogens with zero attached hydrogens (tertiary/aromatic N) is 4. The van der Waals surface area contributed by atoms with Crippen LogP contribution in [0.15, 0.2) is 36.7 Å². The van der Waals surface area contributed by atoms with Gasteiger partial charge >= 0.3 is 0 Å². The van der Waals surface area contributed by atoms with Gasteiger partial charge in [-0.1, -0.05) is 24.1 Å². The zero-order valence-electron chi connectivity index (χ0n) is 15.1. The van der Waals surface area contributed by atoms with Gasteiger partial charge in [-0.15, -0.1) is 0 Å². The number of nitrogens with one attached hydrogen (secondary N) is 1. The summed E-state index contributed by atoms with van der Waals surface area (Å²) in [4.78, 5) is 18.4. The lowest BCUT2D eigenvalue weighted by molar-refractivity contribution is 0.00386. The lowest BCUT2D eigenvalue weighted by Crippen LogP contribution is -2.31. The van der Waals surface area contributed by atoms with E-state index in [0.717, 1.165) is 12.0 Å². The van der Waals surface area contributed by atoms with Gasteiger partial charge in [0, 0.05) is 5.56 Å². The summed E-state index contributed by atoms with van der Waals surface area (Å²) in [5.74, 6) is 7.13. The normalized spacial score (nSPS) is 27.9. The van der Waals surface area contributed by atoms with Crippen LogP contribution in [0, 0.1) is 23.7 Å². The Morgan fingerprint density at radius 1 is 1.11 bits per heavy atom. The van der Waals surface area contributed by atoms with E-state index < -0.39 is 12.2 Å². The van der Waals surface area contributed by atoms with Gasteiger partial charge in [0.25, 0.3) is 0 Å². The molecule has 3 aromatic rings. The molecule has 2 fully saturated rings. The molecule has 0 bridgehead atoms. The van der Waals surface area contributed by atoms with Gasteiger partial charge in [0.15, 0.2) is 17.0 Å². The SMILES string of the molecule is CONc1nc(C#Cc2ccccc2)nc2c1ncn2[C@H]1[C@H](O)[C@H](O)[C@@H]2C[C@@H]21. The summed E-state index contributed by atoms with van der Waals surface area (Å²) in [7, 11) is 1.49. The zero-order chi connectivity index (χ0) is 19.3. The fraction of sp³-hybridized carbons (Fsp3) is 0.350. The van der Waals surface area contributed by atoms with Gasteiger partial charge < -0.3 is 14.8 Å². The fourth-order valence-electron chi connectivity index (χ4n) is 4.11. The van der Waals surface area contributed by atoms with Crippen molar-refractivity contribution in [2.24, 2.45) is 11.8 Å². The average Bonchev–Trinajstić information content (AvgIpc) is 3.32. The van der Waals surface area contributed by atoms with Crippen molar-refractivity contribution >= 4 is 17.0 Å². The van der Waals surface area contributed by atoms with Crippen LogP contribution < -0.4 is 5.48 Å². The van der Waals surface area contributed by atoms with Crippen LogP contribution in [0.2, 0.25) is 0 Å². The van der Waals surface area contributed by atoms with E-state index in [2.05, 4.69) is 32.3 Å². The van der Waals surface area contributed by atoms with E-state index in [4.69, 9.17) is 4.84 Å². The number of hydrogen-bond donors (Lipinski definition) is 3. The summed E-state index contributed by atoms with van der Waals surface area (Å²) >= 11 is 0. The predicted octanol–water partition coefficient (Wildman–Crippen LogP) is 1.11. The highest BCUT2D eigenvalue weighted by Gasteiger charge is 2.60. The van der Waals surface area contributed by atoms with Crippen molar-refractivity contribution in [3.8, 4) is 11.8 Å². The van der Waals surface area contributed by atoms with E-state index in [-0.39, 0.29) is 17.9 Å². The highest BCUT2D eigenvalue weighted by atomic mass is 16.6. The van der Waals surface area contributed by atoms with Crippen molar-refractivity contribution in [1.29, 1.82) is 0 Å². The average molecular weight is 377 g/mol. The van der Waals surface area contributed by atoms with E-state index in [1.807, 2.05) is 34.9 Å². The van der Waals surface area contributed by atoms with Gasteiger partial charge in [-0.2, -0.15) is 4.98 Å². The Balaban J connectivity index is 1.60. The summed E-state index contributed by atoms with van der Waals surface area (Å²) in [6.45, 7) is 0. The molecule has 2 aliphatic rings. The molecule has 0 aliphatic heterocycles. The third-order valence-electron chi connectivity index (χ3n) is 5.50. The first-order valence-electron chi connectivity index (χ1n) is 9.14. The fourth-order valence-corrected chi connectivity index (χ4v) is 4.11. The van der Waals surface area contributed by atoms with E-state index in [1.165, 1.54) is 7.11 Å². The van der Waals surface area contributed by atoms with Crippen molar-refractivity contribution in [3.63, 3.8) is 0 Å². The van der Waals surface area contributed by atoms with E-state index in [0.29, 0.717) is 22.8 Å². The molecular formula is C20H19N5O3. The second-order valence-electron chi connectivity index (χ2n) is 7.18. The maximum atomic E-state index is 10.5. The van der Waals surface area contributed by atoms with Crippen LogP contribution in [0.25, 0.3) is 11.2 Å². The smallest absolute Gasteiger partial charge is 0.209 e. The van der Waals surface area contributed by atoms with Crippen LogP contribution in [-0.4, -0.2) is 49.0 Å². The largest absolute Gasteiger partial charge is 0.390 e. The highest BCUT2D eigenvalue weighted by Crippen LogP contribution is 2.57. The Morgan fingerprint density at radius 3 is 2.64 bits per heavy atom. The molecule has 2 saturated carbocycles. The summed E-state index contributed by atoms with van der Waals surface area (Å²) in [5.41, 5.74) is 4.66. The number of aliphatic hydroxyl groups excluding tert-OH is 2. The molecule has 0 unspecified atom stereocenters. The Labute approximate surface area is 161 Å². The zero-order valence-corrected chi connectivity index (χ0v) is 15.1. The van der Waals surface area contributed by atoms with Gasteiger partial charge in [-0.25, -0.2) is 15.4 Å². The van der Waals surface area contributed by atoms with E-state index in [9.17, 15) is 10.2 Å². The number of imidazole rings is 1. The Morgan fingerprint density at radius 2 is 1.93 bits per heavy atom.